The monoisotopic (exact) mass is 266 g/mol. The van der Waals surface area contributed by atoms with Crippen molar-refractivity contribution in [3.05, 3.63) is 0 Å². The Bertz CT molecular complexity index is 352. The van der Waals surface area contributed by atoms with Crippen LogP contribution in [0.4, 0.5) is 0 Å². The quantitative estimate of drug-likeness (QED) is 0.800. The van der Waals surface area contributed by atoms with Gasteiger partial charge in [-0.3, -0.25) is 9.59 Å². The van der Waals surface area contributed by atoms with Crippen LogP contribution in [0.25, 0.3) is 0 Å². The van der Waals surface area contributed by atoms with Crippen molar-refractivity contribution in [1.82, 2.24) is 10.2 Å². The molecular formula is C15H26N2O2. The molecule has 0 aromatic heterocycles. The van der Waals surface area contributed by atoms with Crippen LogP contribution in [-0.2, 0) is 9.59 Å². The molecule has 4 heteroatoms. The van der Waals surface area contributed by atoms with Crippen LogP contribution in [0.2, 0.25) is 0 Å². The molecule has 1 aliphatic carbocycles. The van der Waals surface area contributed by atoms with Crippen molar-refractivity contribution in [3.63, 3.8) is 0 Å². The van der Waals surface area contributed by atoms with Crippen LogP contribution in [0.5, 0.6) is 0 Å². The topological polar surface area (TPSA) is 49.4 Å². The fourth-order valence-corrected chi connectivity index (χ4v) is 3.19. The minimum atomic E-state index is -0.265. The summed E-state index contributed by atoms with van der Waals surface area (Å²) in [5.41, 5.74) is 0. The molecule has 4 nitrogen and oxygen atoms in total. The maximum Gasteiger partial charge on any atom is 0.246 e. The Kier molecular flexibility index (Phi) is 4.48. The summed E-state index contributed by atoms with van der Waals surface area (Å²) in [5, 5.41) is 2.95. The summed E-state index contributed by atoms with van der Waals surface area (Å²) >= 11 is 0. The molecule has 1 saturated carbocycles. The van der Waals surface area contributed by atoms with E-state index in [0.29, 0.717) is 12.3 Å². The summed E-state index contributed by atoms with van der Waals surface area (Å²) in [6.07, 6.45) is 5.82. The lowest BCUT2D eigenvalue weighted by Crippen LogP contribution is -2.66. The maximum absolute atomic E-state index is 12.7. The molecule has 1 aliphatic heterocycles. The third-order valence-corrected chi connectivity index (χ3v) is 4.42. The van der Waals surface area contributed by atoms with Crippen molar-refractivity contribution in [2.45, 2.75) is 77.4 Å². The number of carbonyl (C=O) groups excluding carboxylic acids is 2. The van der Waals surface area contributed by atoms with Gasteiger partial charge in [0.25, 0.3) is 0 Å². The summed E-state index contributed by atoms with van der Waals surface area (Å²) in [7, 11) is 0. The first-order chi connectivity index (χ1) is 9.13. The minimum Gasteiger partial charge on any atom is -0.342 e. The van der Waals surface area contributed by atoms with E-state index in [4.69, 9.17) is 0 Å². The molecule has 3 unspecified atom stereocenters. The highest BCUT2D eigenvalue weighted by Gasteiger charge is 2.47. The van der Waals surface area contributed by atoms with Crippen LogP contribution in [0.1, 0.15) is 59.3 Å². The highest BCUT2D eigenvalue weighted by Crippen LogP contribution is 2.36. The molecule has 2 rings (SSSR count). The van der Waals surface area contributed by atoms with Crippen LogP contribution in [0.15, 0.2) is 0 Å². The molecular weight excluding hydrogens is 240 g/mol. The Hall–Kier alpha value is -1.06. The van der Waals surface area contributed by atoms with Gasteiger partial charge in [-0.2, -0.15) is 0 Å². The SMILES string of the molecule is CCCC(CC)N1C(=O)C(C2CC2)NC(=O)C1CC. The van der Waals surface area contributed by atoms with Gasteiger partial charge in [0.1, 0.15) is 12.1 Å². The first kappa shape index (κ1) is 14.4. The lowest BCUT2D eigenvalue weighted by Gasteiger charge is -2.43. The van der Waals surface area contributed by atoms with Crippen molar-refractivity contribution >= 4 is 11.8 Å². The van der Waals surface area contributed by atoms with E-state index in [1.165, 1.54) is 0 Å². The van der Waals surface area contributed by atoms with E-state index in [0.717, 1.165) is 32.1 Å². The number of hydrogen-bond donors (Lipinski definition) is 1. The van der Waals surface area contributed by atoms with Gasteiger partial charge in [-0.05, 0) is 38.0 Å². The third-order valence-electron chi connectivity index (χ3n) is 4.42. The maximum atomic E-state index is 12.7. The summed E-state index contributed by atoms with van der Waals surface area (Å²) in [4.78, 5) is 26.9. The van der Waals surface area contributed by atoms with Gasteiger partial charge in [0.15, 0.2) is 0 Å². The van der Waals surface area contributed by atoms with Crippen molar-refractivity contribution < 1.29 is 9.59 Å². The van der Waals surface area contributed by atoms with Gasteiger partial charge >= 0.3 is 0 Å². The molecule has 2 aliphatic rings. The third kappa shape index (κ3) is 2.77. The van der Waals surface area contributed by atoms with E-state index in [1.807, 2.05) is 11.8 Å². The molecule has 3 atom stereocenters. The average Bonchev–Trinajstić information content (AvgIpc) is 3.22. The Balaban J connectivity index is 2.21. The fourth-order valence-electron chi connectivity index (χ4n) is 3.19. The van der Waals surface area contributed by atoms with Gasteiger partial charge in [-0.1, -0.05) is 27.2 Å². The van der Waals surface area contributed by atoms with Crippen LogP contribution in [-0.4, -0.2) is 34.8 Å². The highest BCUT2D eigenvalue weighted by molar-refractivity contribution is 5.97. The van der Waals surface area contributed by atoms with Crippen LogP contribution in [0, 0.1) is 5.92 Å². The first-order valence-electron chi connectivity index (χ1n) is 7.76. The standard InChI is InChI=1S/C15H26N2O2/c1-4-7-11(5-2)17-12(6-3)14(18)16-13(15(17)19)10-8-9-10/h10-13H,4-9H2,1-3H3,(H,16,18). The molecule has 1 heterocycles. The smallest absolute Gasteiger partial charge is 0.246 e. The lowest BCUT2D eigenvalue weighted by molar-refractivity contribution is -0.153. The van der Waals surface area contributed by atoms with Crippen LogP contribution >= 0.6 is 0 Å². The average molecular weight is 266 g/mol. The predicted octanol–water partition coefficient (Wildman–Crippen LogP) is 2.08. The number of piperazine rings is 1. The zero-order valence-corrected chi connectivity index (χ0v) is 12.3. The normalized spacial score (nSPS) is 29.3. The predicted molar refractivity (Wildman–Crippen MR) is 74.6 cm³/mol. The Labute approximate surface area is 115 Å². The summed E-state index contributed by atoms with van der Waals surface area (Å²) in [5.74, 6) is 0.596. The first-order valence-corrected chi connectivity index (χ1v) is 7.76. The minimum absolute atomic E-state index is 0.0496. The zero-order chi connectivity index (χ0) is 14.0. The van der Waals surface area contributed by atoms with Gasteiger partial charge in [-0.15, -0.1) is 0 Å². The summed E-state index contributed by atoms with van der Waals surface area (Å²) in [6, 6.07) is -0.296. The summed E-state index contributed by atoms with van der Waals surface area (Å²) in [6.45, 7) is 6.23. The lowest BCUT2D eigenvalue weighted by atomic mass is 9.96. The number of carbonyl (C=O) groups is 2. The molecule has 108 valence electrons. The molecule has 0 spiro atoms. The van der Waals surface area contributed by atoms with Crippen molar-refractivity contribution in [1.29, 1.82) is 0 Å². The van der Waals surface area contributed by atoms with Crippen molar-refractivity contribution in [3.8, 4) is 0 Å². The molecule has 0 bridgehead atoms. The van der Waals surface area contributed by atoms with Crippen LogP contribution < -0.4 is 5.32 Å². The second kappa shape index (κ2) is 5.93. The molecule has 0 radical (unpaired) electrons. The van der Waals surface area contributed by atoms with Crippen molar-refractivity contribution in [2.75, 3.05) is 0 Å². The zero-order valence-electron chi connectivity index (χ0n) is 12.3. The second-order valence-corrected chi connectivity index (χ2v) is 5.84. The van der Waals surface area contributed by atoms with Crippen molar-refractivity contribution in [2.24, 2.45) is 5.92 Å². The number of hydrogen-bond acceptors (Lipinski definition) is 2. The Morgan fingerprint density at radius 3 is 2.42 bits per heavy atom. The van der Waals surface area contributed by atoms with Gasteiger partial charge in [-0.25, -0.2) is 0 Å². The van der Waals surface area contributed by atoms with Gasteiger partial charge in [0, 0.05) is 6.04 Å². The van der Waals surface area contributed by atoms with Gasteiger partial charge in [0.2, 0.25) is 11.8 Å². The van der Waals surface area contributed by atoms with E-state index in [-0.39, 0.29) is 29.9 Å². The second-order valence-electron chi connectivity index (χ2n) is 5.84. The molecule has 2 amide bonds. The highest BCUT2D eigenvalue weighted by atomic mass is 16.2. The molecule has 1 saturated heterocycles. The van der Waals surface area contributed by atoms with E-state index in [9.17, 15) is 9.59 Å². The van der Waals surface area contributed by atoms with E-state index >= 15 is 0 Å². The molecule has 19 heavy (non-hydrogen) atoms. The number of nitrogens with one attached hydrogen (secondary N) is 1. The summed E-state index contributed by atoms with van der Waals surface area (Å²) < 4.78 is 0. The molecule has 0 aromatic carbocycles. The number of rotatable bonds is 6. The number of amides is 2. The van der Waals surface area contributed by atoms with E-state index in [2.05, 4.69) is 19.2 Å². The van der Waals surface area contributed by atoms with E-state index in [1.54, 1.807) is 0 Å². The molecule has 2 fully saturated rings. The largest absolute Gasteiger partial charge is 0.342 e. The Morgan fingerprint density at radius 1 is 1.26 bits per heavy atom. The fraction of sp³-hybridized carbons (Fsp3) is 0.867. The Morgan fingerprint density at radius 2 is 1.95 bits per heavy atom. The van der Waals surface area contributed by atoms with Gasteiger partial charge < -0.3 is 10.2 Å². The number of nitrogens with zero attached hydrogens (tertiary/aromatic N) is 1. The molecule has 1 N–H and O–H groups in total. The van der Waals surface area contributed by atoms with E-state index < -0.39 is 0 Å². The van der Waals surface area contributed by atoms with Crippen LogP contribution in [0.3, 0.4) is 0 Å². The molecule has 0 aromatic rings. The van der Waals surface area contributed by atoms with Gasteiger partial charge in [0.05, 0.1) is 0 Å².